The molecule has 126 valence electrons. The van der Waals surface area contributed by atoms with Crippen LogP contribution >= 0.6 is 23.2 Å². The van der Waals surface area contributed by atoms with Crippen molar-refractivity contribution in [2.75, 3.05) is 13.2 Å². The van der Waals surface area contributed by atoms with E-state index in [1.165, 1.54) is 12.1 Å². The van der Waals surface area contributed by atoms with Gasteiger partial charge in [-0.1, -0.05) is 6.07 Å². The van der Waals surface area contributed by atoms with E-state index in [1.54, 1.807) is 0 Å². The second-order valence-corrected chi connectivity index (χ2v) is 7.04. The molecule has 8 nitrogen and oxygen atoms in total. The number of halogens is 2. The van der Waals surface area contributed by atoms with Gasteiger partial charge in [0.25, 0.3) is 17.5 Å². The standard InChI is InChI=1S/C14H10Cl2N2O6/c15-14(16)4-7(14)6-24-10(19)5-17-12(20)8-2-1-3-9(18(22)23)11(8)13(17)21/h1-3,7H,4-6H2/t7-/m0/s1. The first-order valence-electron chi connectivity index (χ1n) is 6.89. The van der Waals surface area contributed by atoms with Gasteiger partial charge in [0.1, 0.15) is 16.4 Å². The fourth-order valence-electron chi connectivity index (χ4n) is 2.43. The molecule has 0 radical (unpaired) electrons. The number of imide groups is 1. The maximum atomic E-state index is 12.3. The number of alkyl halides is 2. The van der Waals surface area contributed by atoms with Crippen molar-refractivity contribution in [2.45, 2.75) is 10.8 Å². The SMILES string of the molecule is O=C(CN1C(=O)c2cccc([N+](=O)[O-])c2C1=O)OC[C@@H]1CC1(Cl)Cl. The molecule has 0 unspecified atom stereocenters. The fourth-order valence-corrected chi connectivity index (χ4v) is 2.93. The van der Waals surface area contributed by atoms with E-state index in [0.717, 1.165) is 6.07 Å². The number of hydrogen-bond donors (Lipinski definition) is 0. The maximum Gasteiger partial charge on any atom is 0.326 e. The number of carbonyl (C=O) groups is 3. The zero-order valence-electron chi connectivity index (χ0n) is 12.0. The van der Waals surface area contributed by atoms with Crippen molar-refractivity contribution in [2.24, 2.45) is 5.92 Å². The summed E-state index contributed by atoms with van der Waals surface area (Å²) in [5.74, 6) is -2.67. The monoisotopic (exact) mass is 372 g/mol. The van der Waals surface area contributed by atoms with Crippen LogP contribution < -0.4 is 0 Å². The molecule has 1 aromatic rings. The second kappa shape index (κ2) is 5.71. The average Bonchev–Trinajstić information content (AvgIpc) is 3.07. The van der Waals surface area contributed by atoms with E-state index in [-0.39, 0.29) is 23.7 Å². The van der Waals surface area contributed by atoms with Crippen LogP contribution in [0, 0.1) is 16.0 Å². The topological polar surface area (TPSA) is 107 Å². The van der Waals surface area contributed by atoms with Crippen molar-refractivity contribution in [3.05, 3.63) is 39.4 Å². The fraction of sp³-hybridized carbons (Fsp3) is 0.357. The molecule has 1 heterocycles. The van der Waals surface area contributed by atoms with Crippen LogP contribution in [0.4, 0.5) is 5.69 Å². The lowest BCUT2D eigenvalue weighted by molar-refractivity contribution is -0.385. The Balaban J connectivity index is 1.71. The number of nitro benzene ring substituents is 1. The zero-order chi connectivity index (χ0) is 17.6. The number of esters is 1. The number of carbonyl (C=O) groups excluding carboxylic acids is 3. The summed E-state index contributed by atoms with van der Waals surface area (Å²) in [4.78, 5) is 47.2. The highest BCUT2D eigenvalue weighted by molar-refractivity contribution is 6.50. The number of rotatable bonds is 5. The van der Waals surface area contributed by atoms with Crippen molar-refractivity contribution < 1.29 is 24.0 Å². The summed E-state index contributed by atoms with van der Waals surface area (Å²) in [6, 6.07) is 3.73. The van der Waals surface area contributed by atoms with Crippen molar-refractivity contribution in [1.82, 2.24) is 4.90 Å². The van der Waals surface area contributed by atoms with Crippen LogP contribution in [0.25, 0.3) is 0 Å². The molecule has 24 heavy (non-hydrogen) atoms. The van der Waals surface area contributed by atoms with E-state index in [0.29, 0.717) is 11.3 Å². The molecule has 0 aromatic heterocycles. The molecule has 0 bridgehead atoms. The molecule has 1 aliphatic heterocycles. The van der Waals surface area contributed by atoms with Crippen LogP contribution in [0.1, 0.15) is 27.1 Å². The first-order chi connectivity index (χ1) is 11.2. The van der Waals surface area contributed by atoms with E-state index >= 15 is 0 Å². The molecule has 3 rings (SSSR count). The highest BCUT2D eigenvalue weighted by Gasteiger charge is 2.52. The lowest BCUT2D eigenvalue weighted by Gasteiger charge is -2.13. The third-order valence-corrected chi connectivity index (χ3v) is 4.79. The Morgan fingerprint density at radius 3 is 2.62 bits per heavy atom. The minimum atomic E-state index is -0.906. The van der Waals surface area contributed by atoms with Gasteiger partial charge in [-0.05, 0) is 12.5 Å². The van der Waals surface area contributed by atoms with Crippen LogP contribution in [0.5, 0.6) is 0 Å². The number of amides is 2. The van der Waals surface area contributed by atoms with E-state index in [9.17, 15) is 24.5 Å². The Labute approximate surface area is 145 Å². The number of nitro groups is 1. The van der Waals surface area contributed by atoms with Crippen molar-refractivity contribution in [3.63, 3.8) is 0 Å². The summed E-state index contributed by atoms with van der Waals surface area (Å²) in [7, 11) is 0. The molecule has 1 aromatic carbocycles. The van der Waals surface area contributed by atoms with Crippen LogP contribution in [0.2, 0.25) is 0 Å². The Morgan fingerprint density at radius 1 is 1.38 bits per heavy atom. The van der Waals surface area contributed by atoms with Crippen LogP contribution in [-0.4, -0.2) is 45.1 Å². The Hall–Kier alpha value is -2.19. The molecule has 1 saturated carbocycles. The number of hydrogen-bond acceptors (Lipinski definition) is 6. The molecular formula is C14H10Cl2N2O6. The second-order valence-electron chi connectivity index (χ2n) is 5.50. The van der Waals surface area contributed by atoms with Crippen LogP contribution in [-0.2, 0) is 9.53 Å². The summed E-state index contributed by atoms with van der Waals surface area (Å²) in [5, 5.41) is 11.0. The largest absolute Gasteiger partial charge is 0.464 e. The molecule has 1 atom stereocenters. The summed E-state index contributed by atoms with van der Waals surface area (Å²) in [6.07, 6.45) is 0.489. The number of nitrogens with zero attached hydrogens (tertiary/aromatic N) is 2. The molecule has 0 spiro atoms. The predicted molar refractivity (Wildman–Crippen MR) is 82.0 cm³/mol. The van der Waals surface area contributed by atoms with Crippen LogP contribution in [0.3, 0.4) is 0 Å². The van der Waals surface area contributed by atoms with E-state index in [1.807, 2.05) is 0 Å². The molecule has 1 fully saturated rings. The van der Waals surface area contributed by atoms with Crippen molar-refractivity contribution >= 4 is 46.7 Å². The molecular weight excluding hydrogens is 363 g/mol. The van der Waals surface area contributed by atoms with E-state index < -0.39 is 39.3 Å². The van der Waals surface area contributed by atoms with E-state index in [2.05, 4.69) is 0 Å². The smallest absolute Gasteiger partial charge is 0.326 e. The number of ether oxygens (including phenoxy) is 1. The number of benzene rings is 1. The first-order valence-corrected chi connectivity index (χ1v) is 7.65. The summed E-state index contributed by atoms with van der Waals surface area (Å²) < 4.78 is 4.04. The number of fused-ring (bicyclic) bond motifs is 1. The molecule has 10 heteroatoms. The summed E-state index contributed by atoms with van der Waals surface area (Å²) in [5.41, 5.74) is -0.901. The third kappa shape index (κ3) is 2.83. The summed E-state index contributed by atoms with van der Waals surface area (Å²) >= 11 is 11.6. The Bertz CT molecular complexity index is 779. The molecule has 2 aliphatic rings. The van der Waals surface area contributed by atoms with Gasteiger partial charge >= 0.3 is 5.97 Å². The van der Waals surface area contributed by atoms with Crippen LogP contribution in [0.15, 0.2) is 18.2 Å². The zero-order valence-corrected chi connectivity index (χ0v) is 13.5. The minimum Gasteiger partial charge on any atom is -0.464 e. The maximum absolute atomic E-state index is 12.3. The van der Waals surface area contributed by atoms with Gasteiger partial charge in [0.05, 0.1) is 17.1 Å². The average molecular weight is 373 g/mol. The van der Waals surface area contributed by atoms with Crippen molar-refractivity contribution in [3.8, 4) is 0 Å². The Morgan fingerprint density at radius 2 is 2.04 bits per heavy atom. The summed E-state index contributed by atoms with van der Waals surface area (Å²) in [6.45, 7) is -0.650. The quantitative estimate of drug-likeness (QED) is 0.257. The highest BCUT2D eigenvalue weighted by atomic mass is 35.5. The van der Waals surface area contributed by atoms with Gasteiger partial charge in [0.15, 0.2) is 0 Å². The first kappa shape index (κ1) is 16.7. The van der Waals surface area contributed by atoms with Gasteiger partial charge in [-0.15, -0.1) is 23.2 Å². The third-order valence-electron chi connectivity index (χ3n) is 3.86. The van der Waals surface area contributed by atoms with Gasteiger partial charge < -0.3 is 4.74 Å². The van der Waals surface area contributed by atoms with Gasteiger partial charge in [-0.25, -0.2) is 0 Å². The van der Waals surface area contributed by atoms with Crippen molar-refractivity contribution in [1.29, 1.82) is 0 Å². The lowest BCUT2D eigenvalue weighted by atomic mass is 10.1. The van der Waals surface area contributed by atoms with Gasteiger partial charge in [-0.2, -0.15) is 0 Å². The van der Waals surface area contributed by atoms with Gasteiger partial charge in [0.2, 0.25) is 0 Å². The highest BCUT2D eigenvalue weighted by Crippen LogP contribution is 2.53. The molecule has 1 aliphatic carbocycles. The van der Waals surface area contributed by atoms with E-state index in [4.69, 9.17) is 27.9 Å². The lowest BCUT2D eigenvalue weighted by Crippen LogP contribution is -2.36. The minimum absolute atomic E-state index is 0.0187. The Kier molecular flexibility index (Phi) is 3.97. The molecule has 0 N–H and O–H groups in total. The predicted octanol–water partition coefficient (Wildman–Crippen LogP) is 1.93. The normalized spacial score (nSPS) is 20.8. The molecule has 0 saturated heterocycles. The van der Waals surface area contributed by atoms with Gasteiger partial charge in [-0.3, -0.25) is 29.4 Å². The molecule has 2 amide bonds. The van der Waals surface area contributed by atoms with Gasteiger partial charge in [0, 0.05) is 12.0 Å².